The highest BCUT2D eigenvalue weighted by Crippen LogP contribution is 2.44. The number of aryl methyl sites for hydroxylation is 1. The summed E-state index contributed by atoms with van der Waals surface area (Å²) in [6.45, 7) is 9.50. The highest BCUT2D eigenvalue weighted by molar-refractivity contribution is 5.99. The van der Waals surface area contributed by atoms with Crippen LogP contribution in [0.1, 0.15) is 61.2 Å². The Bertz CT molecular complexity index is 1640. The molecule has 0 fully saturated rings. The standard InChI is InChI=1S/C31H31F3N2O4/c1-16-19-7-6-12-39-27(19)24(34)14-21(16)26-20-10-11-36(15-18-8-9-22(32)23(33)13-18)29(20)35-17(2)25(26)28(30(37)38)40-31(3,4)5/h8-11,13-14,28H,6-7,12,15H2,1-5H3,(H,37,38)/t28-/m0/s1. The molecule has 0 amide bonds. The summed E-state index contributed by atoms with van der Waals surface area (Å²) in [6, 6.07) is 6.86. The number of hydrogen-bond acceptors (Lipinski definition) is 4. The van der Waals surface area contributed by atoms with Gasteiger partial charge in [0.25, 0.3) is 0 Å². The van der Waals surface area contributed by atoms with E-state index in [-0.39, 0.29) is 12.3 Å². The fraction of sp³-hybridized carbons (Fsp3) is 0.355. The molecule has 2 aromatic heterocycles. The molecule has 0 spiro atoms. The van der Waals surface area contributed by atoms with Gasteiger partial charge in [0.05, 0.1) is 12.2 Å². The van der Waals surface area contributed by atoms with Gasteiger partial charge < -0.3 is 19.1 Å². The molecule has 0 saturated heterocycles. The van der Waals surface area contributed by atoms with Gasteiger partial charge in [-0.15, -0.1) is 0 Å². The lowest BCUT2D eigenvalue weighted by molar-refractivity contribution is -0.160. The number of pyridine rings is 1. The molecule has 0 unspecified atom stereocenters. The van der Waals surface area contributed by atoms with Gasteiger partial charge in [0, 0.05) is 40.5 Å². The zero-order valence-electron chi connectivity index (χ0n) is 23.1. The van der Waals surface area contributed by atoms with Gasteiger partial charge in [-0.05, 0) is 88.4 Å². The zero-order valence-corrected chi connectivity index (χ0v) is 23.1. The first kappa shape index (κ1) is 27.7. The predicted molar refractivity (Wildman–Crippen MR) is 145 cm³/mol. The van der Waals surface area contributed by atoms with E-state index in [0.29, 0.717) is 52.0 Å². The van der Waals surface area contributed by atoms with Gasteiger partial charge in [-0.3, -0.25) is 0 Å². The van der Waals surface area contributed by atoms with Crippen molar-refractivity contribution in [1.82, 2.24) is 9.55 Å². The average Bonchev–Trinajstić information content (AvgIpc) is 3.27. The van der Waals surface area contributed by atoms with Crippen molar-refractivity contribution < 1.29 is 32.5 Å². The van der Waals surface area contributed by atoms with Crippen molar-refractivity contribution in [1.29, 1.82) is 0 Å². The van der Waals surface area contributed by atoms with E-state index in [1.165, 1.54) is 12.1 Å². The number of fused-ring (bicyclic) bond motifs is 2. The molecule has 0 radical (unpaired) electrons. The van der Waals surface area contributed by atoms with Crippen LogP contribution in [0, 0.1) is 31.3 Å². The number of ether oxygens (including phenoxy) is 2. The fourth-order valence-electron chi connectivity index (χ4n) is 5.41. The van der Waals surface area contributed by atoms with Crippen LogP contribution in [0.3, 0.4) is 0 Å². The molecule has 0 bridgehead atoms. The quantitative estimate of drug-likeness (QED) is 0.278. The number of halogens is 3. The van der Waals surface area contributed by atoms with E-state index in [4.69, 9.17) is 14.5 Å². The molecule has 1 N–H and O–H groups in total. The van der Waals surface area contributed by atoms with Crippen molar-refractivity contribution in [2.24, 2.45) is 0 Å². The second kappa shape index (κ2) is 10.3. The van der Waals surface area contributed by atoms with Gasteiger partial charge in [-0.25, -0.2) is 22.9 Å². The molecule has 6 nitrogen and oxygen atoms in total. The Balaban J connectivity index is 1.80. The van der Waals surface area contributed by atoms with Gasteiger partial charge >= 0.3 is 5.97 Å². The van der Waals surface area contributed by atoms with Crippen LogP contribution in [-0.4, -0.2) is 32.8 Å². The molecule has 1 aliphatic rings. The van der Waals surface area contributed by atoms with E-state index in [9.17, 15) is 18.7 Å². The van der Waals surface area contributed by atoms with Gasteiger partial charge in [-0.1, -0.05) is 6.07 Å². The fourth-order valence-corrected chi connectivity index (χ4v) is 5.41. The minimum Gasteiger partial charge on any atom is -0.490 e. The predicted octanol–water partition coefficient (Wildman–Crippen LogP) is 7.05. The number of benzene rings is 2. The van der Waals surface area contributed by atoms with E-state index in [0.717, 1.165) is 29.7 Å². The van der Waals surface area contributed by atoms with Crippen LogP contribution in [0.25, 0.3) is 22.2 Å². The first-order valence-corrected chi connectivity index (χ1v) is 13.1. The molecule has 5 rings (SSSR count). The number of carboxylic acids is 1. The molecular weight excluding hydrogens is 521 g/mol. The highest BCUT2D eigenvalue weighted by atomic mass is 19.2. The Morgan fingerprint density at radius 2 is 1.88 bits per heavy atom. The van der Waals surface area contributed by atoms with Crippen LogP contribution in [0.15, 0.2) is 36.5 Å². The van der Waals surface area contributed by atoms with Crippen LogP contribution in [0.5, 0.6) is 5.75 Å². The van der Waals surface area contributed by atoms with Crippen molar-refractivity contribution in [3.05, 3.63) is 81.9 Å². The first-order chi connectivity index (χ1) is 18.9. The normalized spacial score (nSPS) is 14.2. The minimum absolute atomic E-state index is 0.193. The summed E-state index contributed by atoms with van der Waals surface area (Å²) in [6.07, 6.45) is 1.74. The summed E-state index contributed by atoms with van der Waals surface area (Å²) < 4.78 is 56.4. The molecule has 1 aliphatic heterocycles. The van der Waals surface area contributed by atoms with E-state index in [2.05, 4.69) is 0 Å². The van der Waals surface area contributed by atoms with Crippen molar-refractivity contribution in [3.8, 4) is 16.9 Å². The maximum atomic E-state index is 15.5. The van der Waals surface area contributed by atoms with Crippen LogP contribution >= 0.6 is 0 Å². The SMILES string of the molecule is Cc1nc2c(ccn2Cc2ccc(F)c(F)c2)c(-c2cc(F)c3c(c2C)CCCO3)c1[C@H](OC(C)(C)C)C(=O)O. The van der Waals surface area contributed by atoms with Crippen LogP contribution in [-0.2, 0) is 22.5 Å². The molecule has 3 heterocycles. The number of nitrogens with zero attached hydrogens (tertiary/aromatic N) is 2. The smallest absolute Gasteiger partial charge is 0.337 e. The molecule has 1 atom stereocenters. The van der Waals surface area contributed by atoms with Crippen LogP contribution < -0.4 is 4.74 Å². The maximum Gasteiger partial charge on any atom is 0.337 e. The van der Waals surface area contributed by atoms with Crippen molar-refractivity contribution in [2.75, 3.05) is 6.61 Å². The Labute approximate surface area is 230 Å². The lowest BCUT2D eigenvalue weighted by Crippen LogP contribution is -2.28. The maximum absolute atomic E-state index is 15.5. The monoisotopic (exact) mass is 552 g/mol. The zero-order chi connectivity index (χ0) is 28.9. The summed E-state index contributed by atoms with van der Waals surface area (Å²) >= 11 is 0. The topological polar surface area (TPSA) is 73.6 Å². The average molecular weight is 553 g/mol. The molecule has 40 heavy (non-hydrogen) atoms. The summed E-state index contributed by atoms with van der Waals surface area (Å²) in [5.41, 5.74) is 3.53. The van der Waals surface area contributed by atoms with Gasteiger partial charge in [-0.2, -0.15) is 0 Å². The molecule has 0 saturated carbocycles. The summed E-state index contributed by atoms with van der Waals surface area (Å²) in [4.78, 5) is 17.4. The second-order valence-corrected chi connectivity index (χ2v) is 11.2. The molecule has 4 aromatic rings. The summed E-state index contributed by atoms with van der Waals surface area (Å²) in [7, 11) is 0. The minimum atomic E-state index is -1.38. The van der Waals surface area contributed by atoms with E-state index in [1.54, 1.807) is 44.5 Å². The van der Waals surface area contributed by atoms with Crippen molar-refractivity contribution >= 4 is 17.0 Å². The van der Waals surface area contributed by atoms with Gasteiger partial charge in [0.1, 0.15) is 5.65 Å². The Morgan fingerprint density at radius 3 is 2.55 bits per heavy atom. The molecule has 9 heteroatoms. The Kier molecular flexibility index (Phi) is 7.12. The third kappa shape index (κ3) is 5.06. The molecular formula is C31H31F3N2O4. The Hall–Kier alpha value is -3.85. The molecule has 210 valence electrons. The first-order valence-electron chi connectivity index (χ1n) is 13.1. The number of aliphatic carboxylic acids is 1. The third-order valence-corrected chi connectivity index (χ3v) is 7.14. The van der Waals surface area contributed by atoms with Crippen LogP contribution in [0.4, 0.5) is 13.2 Å². The van der Waals surface area contributed by atoms with Crippen molar-refractivity contribution in [2.45, 2.75) is 65.7 Å². The second-order valence-electron chi connectivity index (χ2n) is 11.2. The molecule has 2 aromatic carbocycles. The number of aromatic nitrogens is 2. The number of hydrogen-bond donors (Lipinski definition) is 1. The van der Waals surface area contributed by atoms with E-state index >= 15 is 4.39 Å². The summed E-state index contributed by atoms with van der Waals surface area (Å²) in [5.74, 6) is -3.37. The van der Waals surface area contributed by atoms with Crippen LogP contribution in [0.2, 0.25) is 0 Å². The van der Waals surface area contributed by atoms with Gasteiger partial charge in [0.2, 0.25) is 0 Å². The lowest BCUT2D eigenvalue weighted by atomic mass is 9.86. The number of rotatable bonds is 6. The molecule has 0 aliphatic carbocycles. The number of carbonyl (C=O) groups is 1. The summed E-state index contributed by atoms with van der Waals surface area (Å²) in [5, 5.41) is 10.9. The van der Waals surface area contributed by atoms with Gasteiger partial charge in [0.15, 0.2) is 29.3 Å². The third-order valence-electron chi connectivity index (χ3n) is 7.14. The number of carboxylic acid groups (broad SMARTS) is 1. The van der Waals surface area contributed by atoms with E-state index in [1.807, 2.05) is 6.92 Å². The van der Waals surface area contributed by atoms with Crippen molar-refractivity contribution in [3.63, 3.8) is 0 Å². The lowest BCUT2D eigenvalue weighted by Gasteiger charge is -2.29. The van der Waals surface area contributed by atoms with E-state index < -0.39 is 35.1 Å². The highest BCUT2D eigenvalue weighted by Gasteiger charge is 2.34. The Morgan fingerprint density at radius 1 is 1.12 bits per heavy atom. The largest absolute Gasteiger partial charge is 0.490 e.